The second-order valence-corrected chi connectivity index (χ2v) is 4.23. The van der Waals surface area contributed by atoms with Crippen LogP contribution in [0.3, 0.4) is 0 Å². The summed E-state index contributed by atoms with van der Waals surface area (Å²) in [4.78, 5) is 8.82. The van der Waals surface area contributed by atoms with E-state index in [2.05, 4.69) is 27.3 Å². The molecule has 6 heteroatoms. The monoisotopic (exact) mass is 261 g/mol. The molecule has 0 spiro atoms. The molecule has 0 amide bonds. The Hall–Kier alpha value is -1.95. The molecule has 0 aromatic carbocycles. The molecule has 2 heterocycles. The number of rotatable bonds is 6. The number of anilines is 1. The number of hydrogen-bond acceptors (Lipinski definition) is 5. The van der Waals surface area contributed by atoms with Crippen LogP contribution in [0.5, 0.6) is 0 Å². The van der Waals surface area contributed by atoms with Crippen LogP contribution in [0.2, 0.25) is 0 Å². The second kappa shape index (κ2) is 6.29. The Bertz CT molecular complexity index is 538. The molecule has 1 N–H and O–H groups in total. The standard InChI is InChI=1S/C13H19N5O/c1-4-5-18-8-10(7-15-18)11-6-12(14-2)17-13(16-11)9-19-3/h6-8H,4-5,9H2,1-3H3,(H,14,16,17). The number of ether oxygens (including phenoxy) is 1. The molecular formula is C13H19N5O. The average Bonchev–Trinajstić information content (AvgIpc) is 2.88. The van der Waals surface area contributed by atoms with Gasteiger partial charge in [0.15, 0.2) is 5.82 Å². The van der Waals surface area contributed by atoms with E-state index >= 15 is 0 Å². The summed E-state index contributed by atoms with van der Waals surface area (Å²) in [6, 6.07) is 1.91. The third kappa shape index (κ3) is 3.29. The second-order valence-electron chi connectivity index (χ2n) is 4.23. The molecular weight excluding hydrogens is 242 g/mol. The van der Waals surface area contributed by atoms with Gasteiger partial charge in [-0.2, -0.15) is 5.10 Å². The maximum atomic E-state index is 5.09. The molecule has 2 aromatic heterocycles. The van der Waals surface area contributed by atoms with Crippen LogP contribution in [0.1, 0.15) is 19.2 Å². The molecule has 2 aromatic rings. The lowest BCUT2D eigenvalue weighted by molar-refractivity contribution is 0.178. The van der Waals surface area contributed by atoms with Crippen molar-refractivity contribution in [2.75, 3.05) is 19.5 Å². The molecule has 6 nitrogen and oxygen atoms in total. The van der Waals surface area contributed by atoms with Crippen molar-refractivity contribution >= 4 is 5.82 Å². The van der Waals surface area contributed by atoms with E-state index in [-0.39, 0.29) is 0 Å². The fourth-order valence-electron chi connectivity index (χ4n) is 1.81. The predicted molar refractivity (Wildman–Crippen MR) is 73.8 cm³/mol. The van der Waals surface area contributed by atoms with Gasteiger partial charge in [0.2, 0.25) is 0 Å². The summed E-state index contributed by atoms with van der Waals surface area (Å²) in [6.45, 7) is 3.43. The summed E-state index contributed by atoms with van der Waals surface area (Å²) in [5.74, 6) is 1.44. The molecule has 0 aliphatic rings. The molecule has 102 valence electrons. The van der Waals surface area contributed by atoms with Crippen molar-refractivity contribution in [3.63, 3.8) is 0 Å². The summed E-state index contributed by atoms with van der Waals surface area (Å²) in [5.41, 5.74) is 1.85. The van der Waals surface area contributed by atoms with Crippen molar-refractivity contribution in [3.8, 4) is 11.3 Å². The fourth-order valence-corrected chi connectivity index (χ4v) is 1.81. The van der Waals surface area contributed by atoms with Gasteiger partial charge in [-0.25, -0.2) is 9.97 Å². The first-order valence-electron chi connectivity index (χ1n) is 6.34. The predicted octanol–water partition coefficient (Wildman–Crippen LogP) is 1.94. The Labute approximate surface area is 112 Å². The maximum absolute atomic E-state index is 5.09. The molecule has 2 rings (SSSR count). The lowest BCUT2D eigenvalue weighted by atomic mass is 10.2. The molecule has 0 radical (unpaired) electrons. The Morgan fingerprint density at radius 2 is 2.21 bits per heavy atom. The molecule has 0 saturated heterocycles. The summed E-state index contributed by atoms with van der Waals surface area (Å²) in [5, 5.41) is 7.35. The number of aromatic nitrogens is 4. The smallest absolute Gasteiger partial charge is 0.157 e. The van der Waals surface area contributed by atoms with E-state index in [9.17, 15) is 0 Å². The molecule has 0 aliphatic heterocycles. The van der Waals surface area contributed by atoms with Crippen molar-refractivity contribution in [3.05, 3.63) is 24.3 Å². The van der Waals surface area contributed by atoms with Gasteiger partial charge in [-0.3, -0.25) is 4.68 Å². The highest BCUT2D eigenvalue weighted by Crippen LogP contribution is 2.19. The molecule has 0 unspecified atom stereocenters. The molecule has 0 saturated carbocycles. The van der Waals surface area contributed by atoms with E-state index in [0.29, 0.717) is 12.4 Å². The highest BCUT2D eigenvalue weighted by Gasteiger charge is 2.08. The quantitative estimate of drug-likeness (QED) is 0.860. The number of nitrogens with one attached hydrogen (secondary N) is 1. The molecule has 0 aliphatic carbocycles. The Kier molecular flexibility index (Phi) is 4.46. The van der Waals surface area contributed by atoms with Crippen molar-refractivity contribution in [2.45, 2.75) is 26.5 Å². The van der Waals surface area contributed by atoms with Gasteiger partial charge in [-0.1, -0.05) is 6.92 Å². The fraction of sp³-hybridized carbons (Fsp3) is 0.462. The largest absolute Gasteiger partial charge is 0.377 e. The van der Waals surface area contributed by atoms with Crippen LogP contribution in [0.4, 0.5) is 5.82 Å². The minimum atomic E-state index is 0.394. The van der Waals surface area contributed by atoms with Crippen LogP contribution >= 0.6 is 0 Å². The minimum absolute atomic E-state index is 0.394. The lowest BCUT2D eigenvalue weighted by Crippen LogP contribution is -2.02. The van der Waals surface area contributed by atoms with Gasteiger partial charge in [-0.05, 0) is 6.42 Å². The zero-order chi connectivity index (χ0) is 13.7. The summed E-state index contributed by atoms with van der Waals surface area (Å²) in [6.07, 6.45) is 4.89. The summed E-state index contributed by atoms with van der Waals surface area (Å²) < 4.78 is 7.01. The van der Waals surface area contributed by atoms with Gasteiger partial charge in [0.25, 0.3) is 0 Å². The Balaban J connectivity index is 2.33. The Morgan fingerprint density at radius 1 is 1.37 bits per heavy atom. The maximum Gasteiger partial charge on any atom is 0.157 e. The van der Waals surface area contributed by atoms with Crippen molar-refractivity contribution in [1.82, 2.24) is 19.7 Å². The van der Waals surface area contributed by atoms with E-state index in [1.165, 1.54) is 0 Å². The van der Waals surface area contributed by atoms with Gasteiger partial charge in [0, 0.05) is 38.5 Å². The minimum Gasteiger partial charge on any atom is -0.377 e. The van der Waals surface area contributed by atoms with Gasteiger partial charge in [0.05, 0.1) is 11.9 Å². The van der Waals surface area contributed by atoms with E-state index in [1.807, 2.05) is 30.2 Å². The van der Waals surface area contributed by atoms with Gasteiger partial charge in [-0.15, -0.1) is 0 Å². The van der Waals surface area contributed by atoms with Crippen molar-refractivity contribution in [2.24, 2.45) is 0 Å². The molecule has 0 bridgehead atoms. The van der Waals surface area contributed by atoms with Crippen LogP contribution in [0.15, 0.2) is 18.5 Å². The van der Waals surface area contributed by atoms with Crippen LogP contribution < -0.4 is 5.32 Å². The first-order valence-corrected chi connectivity index (χ1v) is 6.34. The lowest BCUT2D eigenvalue weighted by Gasteiger charge is -2.06. The highest BCUT2D eigenvalue weighted by atomic mass is 16.5. The van der Waals surface area contributed by atoms with E-state index < -0.39 is 0 Å². The Morgan fingerprint density at radius 3 is 2.89 bits per heavy atom. The first kappa shape index (κ1) is 13.5. The number of nitrogens with zero attached hydrogens (tertiary/aromatic N) is 4. The third-order valence-corrected chi connectivity index (χ3v) is 2.68. The van der Waals surface area contributed by atoms with Crippen LogP contribution in [-0.4, -0.2) is 33.9 Å². The van der Waals surface area contributed by atoms with E-state index in [4.69, 9.17) is 4.74 Å². The third-order valence-electron chi connectivity index (χ3n) is 2.68. The number of methoxy groups -OCH3 is 1. The van der Waals surface area contributed by atoms with E-state index in [0.717, 1.165) is 30.0 Å². The topological polar surface area (TPSA) is 64.9 Å². The normalized spacial score (nSPS) is 10.7. The highest BCUT2D eigenvalue weighted by molar-refractivity contribution is 5.60. The van der Waals surface area contributed by atoms with Crippen molar-refractivity contribution in [1.29, 1.82) is 0 Å². The zero-order valence-corrected chi connectivity index (χ0v) is 11.6. The first-order chi connectivity index (χ1) is 9.26. The van der Waals surface area contributed by atoms with Gasteiger partial charge >= 0.3 is 0 Å². The zero-order valence-electron chi connectivity index (χ0n) is 11.6. The number of hydrogen-bond donors (Lipinski definition) is 1. The summed E-state index contributed by atoms with van der Waals surface area (Å²) >= 11 is 0. The molecule has 0 fully saturated rings. The average molecular weight is 261 g/mol. The summed E-state index contributed by atoms with van der Waals surface area (Å²) in [7, 11) is 3.47. The van der Waals surface area contributed by atoms with Gasteiger partial charge in [0.1, 0.15) is 12.4 Å². The van der Waals surface area contributed by atoms with Crippen molar-refractivity contribution < 1.29 is 4.74 Å². The molecule has 19 heavy (non-hydrogen) atoms. The van der Waals surface area contributed by atoms with Crippen LogP contribution in [-0.2, 0) is 17.9 Å². The number of aryl methyl sites for hydroxylation is 1. The SMILES string of the molecule is CCCn1cc(-c2cc(NC)nc(COC)n2)cn1. The van der Waals surface area contributed by atoms with Crippen LogP contribution in [0.25, 0.3) is 11.3 Å². The van der Waals surface area contributed by atoms with Crippen LogP contribution in [0, 0.1) is 0 Å². The molecule has 0 atom stereocenters. The van der Waals surface area contributed by atoms with Gasteiger partial charge < -0.3 is 10.1 Å². The van der Waals surface area contributed by atoms with E-state index in [1.54, 1.807) is 7.11 Å².